The van der Waals surface area contributed by atoms with E-state index in [2.05, 4.69) is 48.9 Å². The number of ether oxygens (including phenoxy) is 1. The summed E-state index contributed by atoms with van der Waals surface area (Å²) in [5, 5.41) is 13.6. The van der Waals surface area contributed by atoms with Gasteiger partial charge in [0.25, 0.3) is 0 Å². The predicted molar refractivity (Wildman–Crippen MR) is 135 cm³/mol. The normalized spacial score (nSPS) is 19.9. The van der Waals surface area contributed by atoms with Gasteiger partial charge in [-0.25, -0.2) is 0 Å². The lowest BCUT2D eigenvalue weighted by Crippen LogP contribution is -2.34. The maximum Gasteiger partial charge on any atom is 0.433 e. The number of allylic oxidation sites excluding steroid dienone is 1. The summed E-state index contributed by atoms with van der Waals surface area (Å²) in [6.07, 6.45) is 2.54. The lowest BCUT2D eigenvalue weighted by molar-refractivity contribution is -0.402. The largest absolute Gasteiger partial charge is 0.438 e. The smallest absolute Gasteiger partial charge is 0.433 e. The molecule has 0 N–H and O–H groups in total. The van der Waals surface area contributed by atoms with Gasteiger partial charge in [0.05, 0.1) is 23.2 Å². The van der Waals surface area contributed by atoms with E-state index >= 15 is 0 Å². The summed E-state index contributed by atoms with van der Waals surface area (Å²) in [7, 11) is 4.04. The lowest BCUT2D eigenvalue weighted by atomic mass is 9.74. The fraction of sp³-hybridized carbons (Fsp3) is 0.179. The molecular formula is C28H24N3O4+. The van der Waals surface area contributed by atoms with Crippen molar-refractivity contribution in [2.45, 2.75) is 18.8 Å². The van der Waals surface area contributed by atoms with Gasteiger partial charge in [-0.3, -0.25) is 10.1 Å². The van der Waals surface area contributed by atoms with Gasteiger partial charge < -0.3 is 14.1 Å². The molecule has 1 atom stereocenters. The zero-order valence-corrected chi connectivity index (χ0v) is 19.7. The Morgan fingerprint density at radius 2 is 1.83 bits per heavy atom. The molecule has 0 bridgehead atoms. The SMILES string of the molecule is CN1/C(=C/C2=[N+](C)c3ccc4ccccc4c3C2(C)Cc2ccc([N+](=O)[O-])o2)Oc2ccccc21. The van der Waals surface area contributed by atoms with E-state index in [0.29, 0.717) is 12.2 Å². The standard InChI is InChI=1S/C28H24N3O4/c1-28(17-19-13-15-25(34-19)31(32)33)24(16-26-30(3)21-10-6-7-11-23(21)35-26)29(2)22-14-12-18-8-4-5-9-20(18)27(22)28/h4-16H,17H2,1-3H3/q+1. The van der Waals surface area contributed by atoms with Crippen LogP contribution in [0.1, 0.15) is 18.2 Å². The molecule has 0 radical (unpaired) electrons. The summed E-state index contributed by atoms with van der Waals surface area (Å²) >= 11 is 0. The Kier molecular flexibility index (Phi) is 4.57. The Morgan fingerprint density at radius 1 is 1.06 bits per heavy atom. The molecule has 2 aliphatic heterocycles. The molecule has 35 heavy (non-hydrogen) atoms. The zero-order chi connectivity index (χ0) is 24.3. The van der Waals surface area contributed by atoms with E-state index in [0.717, 1.165) is 39.5 Å². The molecular weight excluding hydrogens is 442 g/mol. The van der Waals surface area contributed by atoms with E-state index in [1.54, 1.807) is 6.07 Å². The highest BCUT2D eigenvalue weighted by Crippen LogP contribution is 2.47. The van der Waals surface area contributed by atoms with Crippen LogP contribution in [0.5, 0.6) is 5.75 Å². The monoisotopic (exact) mass is 466 g/mol. The van der Waals surface area contributed by atoms with Gasteiger partial charge in [0.1, 0.15) is 17.7 Å². The van der Waals surface area contributed by atoms with E-state index in [1.807, 2.05) is 48.3 Å². The van der Waals surface area contributed by atoms with Crippen molar-refractivity contribution < 1.29 is 18.7 Å². The minimum atomic E-state index is -0.525. The van der Waals surface area contributed by atoms with Gasteiger partial charge in [0.2, 0.25) is 11.6 Å². The number of rotatable bonds is 4. The van der Waals surface area contributed by atoms with E-state index in [9.17, 15) is 10.1 Å². The van der Waals surface area contributed by atoms with Crippen LogP contribution in [0.15, 0.2) is 89.2 Å². The molecule has 0 amide bonds. The first kappa shape index (κ1) is 21.2. The van der Waals surface area contributed by atoms with Gasteiger partial charge in [0.15, 0.2) is 11.5 Å². The fourth-order valence-corrected chi connectivity index (χ4v) is 5.45. The van der Waals surface area contributed by atoms with Gasteiger partial charge in [-0.1, -0.05) is 36.4 Å². The Balaban J connectivity index is 1.53. The predicted octanol–water partition coefficient (Wildman–Crippen LogP) is 5.94. The Labute approximate surface area is 202 Å². The van der Waals surface area contributed by atoms with Crippen LogP contribution in [0.25, 0.3) is 10.8 Å². The number of anilines is 1. The second-order valence-electron chi connectivity index (χ2n) is 9.24. The average Bonchev–Trinajstić information content (AvgIpc) is 3.51. The number of hydrogen-bond acceptors (Lipinski definition) is 5. The van der Waals surface area contributed by atoms with E-state index in [-0.39, 0.29) is 5.88 Å². The molecule has 174 valence electrons. The molecule has 7 heteroatoms. The Hall–Kier alpha value is -4.39. The lowest BCUT2D eigenvalue weighted by Gasteiger charge is -2.23. The Morgan fingerprint density at radius 3 is 2.60 bits per heavy atom. The quantitative estimate of drug-likeness (QED) is 0.211. The molecule has 7 nitrogen and oxygen atoms in total. The number of furan rings is 1. The fourth-order valence-electron chi connectivity index (χ4n) is 5.45. The van der Waals surface area contributed by atoms with Crippen LogP contribution in [-0.4, -0.2) is 29.3 Å². The molecule has 2 aliphatic rings. The molecule has 0 spiro atoms. The second kappa shape index (κ2) is 7.56. The molecule has 0 saturated heterocycles. The molecule has 4 aromatic rings. The van der Waals surface area contributed by atoms with Crippen LogP contribution >= 0.6 is 0 Å². The van der Waals surface area contributed by atoms with Crippen molar-refractivity contribution in [3.05, 3.63) is 106 Å². The summed E-state index contributed by atoms with van der Waals surface area (Å²) in [5.74, 6) is 1.85. The van der Waals surface area contributed by atoms with Crippen LogP contribution < -0.4 is 9.64 Å². The van der Waals surface area contributed by atoms with Crippen molar-refractivity contribution in [3.63, 3.8) is 0 Å². The average molecular weight is 467 g/mol. The van der Waals surface area contributed by atoms with Gasteiger partial charge in [-0.15, -0.1) is 0 Å². The third-order valence-electron chi connectivity index (χ3n) is 7.13. The van der Waals surface area contributed by atoms with Crippen molar-refractivity contribution in [2.24, 2.45) is 0 Å². The number of nitrogens with zero attached hydrogens (tertiary/aromatic N) is 3. The van der Waals surface area contributed by atoms with Crippen molar-refractivity contribution in [1.29, 1.82) is 0 Å². The number of hydrogen-bond donors (Lipinski definition) is 0. The molecule has 1 aromatic heterocycles. The van der Waals surface area contributed by atoms with Gasteiger partial charge in [-0.2, -0.15) is 4.58 Å². The third-order valence-corrected chi connectivity index (χ3v) is 7.13. The van der Waals surface area contributed by atoms with Crippen LogP contribution in [0.2, 0.25) is 0 Å². The van der Waals surface area contributed by atoms with Crippen LogP contribution in [0.4, 0.5) is 17.3 Å². The first-order valence-electron chi connectivity index (χ1n) is 11.5. The molecule has 3 heterocycles. The van der Waals surface area contributed by atoms with Gasteiger partial charge in [0, 0.05) is 25.1 Å². The molecule has 6 rings (SSSR count). The van der Waals surface area contributed by atoms with Crippen molar-refractivity contribution in [3.8, 4) is 5.75 Å². The minimum absolute atomic E-state index is 0.248. The highest BCUT2D eigenvalue weighted by Gasteiger charge is 2.49. The zero-order valence-electron chi connectivity index (χ0n) is 19.7. The first-order chi connectivity index (χ1) is 16.9. The summed E-state index contributed by atoms with van der Waals surface area (Å²) in [6, 6.07) is 23.6. The highest BCUT2D eigenvalue weighted by molar-refractivity contribution is 6.08. The molecule has 0 saturated carbocycles. The minimum Gasteiger partial charge on any atom is -0.438 e. The van der Waals surface area contributed by atoms with Crippen LogP contribution in [0.3, 0.4) is 0 Å². The van der Waals surface area contributed by atoms with Crippen LogP contribution in [-0.2, 0) is 11.8 Å². The number of nitro groups is 1. The number of benzene rings is 3. The summed E-state index contributed by atoms with van der Waals surface area (Å²) in [5.41, 5.74) is 3.77. The van der Waals surface area contributed by atoms with Gasteiger partial charge >= 0.3 is 5.88 Å². The topological polar surface area (TPSA) is 71.8 Å². The van der Waals surface area contributed by atoms with Crippen molar-refractivity contribution >= 4 is 33.7 Å². The molecule has 3 aromatic carbocycles. The summed E-state index contributed by atoms with van der Waals surface area (Å²) < 4.78 is 14.0. The number of fused-ring (bicyclic) bond motifs is 4. The van der Waals surface area contributed by atoms with Crippen LogP contribution in [0, 0.1) is 10.1 Å². The molecule has 1 unspecified atom stereocenters. The Bertz CT molecular complexity index is 1580. The first-order valence-corrected chi connectivity index (χ1v) is 11.5. The third kappa shape index (κ3) is 3.15. The summed E-state index contributed by atoms with van der Waals surface area (Å²) in [6.45, 7) is 2.17. The van der Waals surface area contributed by atoms with E-state index in [4.69, 9.17) is 9.15 Å². The summed E-state index contributed by atoms with van der Waals surface area (Å²) in [4.78, 5) is 12.8. The molecule has 0 fully saturated rings. The second-order valence-corrected chi connectivity index (χ2v) is 9.24. The highest BCUT2D eigenvalue weighted by atomic mass is 16.6. The van der Waals surface area contributed by atoms with E-state index < -0.39 is 10.3 Å². The van der Waals surface area contributed by atoms with Crippen molar-refractivity contribution in [2.75, 3.05) is 19.0 Å². The van der Waals surface area contributed by atoms with E-state index in [1.165, 1.54) is 11.6 Å². The number of para-hydroxylation sites is 2. The van der Waals surface area contributed by atoms with Crippen molar-refractivity contribution in [1.82, 2.24) is 0 Å². The molecule has 0 aliphatic carbocycles. The maximum atomic E-state index is 11.3. The van der Waals surface area contributed by atoms with Gasteiger partial charge in [-0.05, 0) is 42.0 Å². The maximum absolute atomic E-state index is 11.3.